The second-order valence-electron chi connectivity index (χ2n) is 13.2. The molecule has 0 spiro atoms. The highest BCUT2D eigenvalue weighted by molar-refractivity contribution is 5.93. The fourth-order valence-corrected chi connectivity index (χ4v) is 9.61. The maximum absolute atomic E-state index is 13.3. The van der Waals surface area contributed by atoms with Crippen LogP contribution >= 0.6 is 0 Å². The molecule has 2 N–H and O–H groups in total. The molecule has 44 heavy (non-hydrogen) atoms. The molecule has 4 aliphatic rings. The van der Waals surface area contributed by atoms with Gasteiger partial charge >= 0.3 is 11.9 Å². The average molecular weight is 585 g/mol. The molecule has 0 atom stereocenters. The lowest BCUT2D eigenvalue weighted by Gasteiger charge is -2.58. The van der Waals surface area contributed by atoms with E-state index in [9.17, 15) is 19.8 Å². The van der Waals surface area contributed by atoms with Gasteiger partial charge in [0.25, 0.3) is 0 Å². The molecule has 4 aromatic rings. The fourth-order valence-electron chi connectivity index (χ4n) is 9.61. The van der Waals surface area contributed by atoms with Gasteiger partial charge in [-0.2, -0.15) is 0 Å². The molecule has 0 unspecified atom stereocenters. The average Bonchev–Trinajstić information content (AvgIpc) is 3.60. The number of fused-ring (bicyclic) bond motifs is 6. The molecule has 4 nitrogen and oxygen atoms in total. The third-order valence-electron chi connectivity index (χ3n) is 11.3. The molecule has 0 aliphatic heterocycles. The fraction of sp³-hybridized carbons (Fsp3) is 0.350. The summed E-state index contributed by atoms with van der Waals surface area (Å²) in [4.78, 5) is 26.6. The minimum Gasteiger partial charge on any atom is -0.481 e. The number of carbonyl (C=O) groups is 2. The van der Waals surface area contributed by atoms with E-state index in [0.717, 1.165) is 67.2 Å². The molecule has 4 heteroatoms. The van der Waals surface area contributed by atoms with Crippen molar-refractivity contribution < 1.29 is 19.8 Å². The van der Waals surface area contributed by atoms with Gasteiger partial charge in [0.1, 0.15) is 0 Å². The van der Waals surface area contributed by atoms with E-state index in [1.54, 1.807) is 0 Å². The minimum atomic E-state index is -1.12. The van der Waals surface area contributed by atoms with Crippen molar-refractivity contribution in [2.24, 2.45) is 10.8 Å². The Kier molecular flexibility index (Phi) is 7.19. The lowest BCUT2D eigenvalue weighted by molar-refractivity contribution is -0.174. The summed E-state index contributed by atoms with van der Waals surface area (Å²) in [5.41, 5.74) is 6.31. The molecule has 8 rings (SSSR count). The molecular weight excluding hydrogens is 544 g/mol. The van der Waals surface area contributed by atoms with E-state index in [0.29, 0.717) is 25.7 Å². The number of hydrogen-bond donors (Lipinski definition) is 2. The predicted octanol–water partition coefficient (Wildman–Crippen LogP) is 9.28. The van der Waals surface area contributed by atoms with Crippen LogP contribution in [0.15, 0.2) is 97.1 Å². The topological polar surface area (TPSA) is 74.6 Å². The Balaban J connectivity index is 0.000000199. The highest BCUT2D eigenvalue weighted by Gasteiger charge is 2.72. The van der Waals surface area contributed by atoms with Crippen molar-refractivity contribution in [1.82, 2.24) is 0 Å². The van der Waals surface area contributed by atoms with Crippen LogP contribution < -0.4 is 0 Å². The second-order valence-corrected chi connectivity index (χ2v) is 13.2. The number of carboxylic acid groups (broad SMARTS) is 2. The molecule has 0 bridgehead atoms. The highest BCUT2D eigenvalue weighted by atomic mass is 16.4. The normalized spacial score (nSPS) is 19.7. The second kappa shape index (κ2) is 11.1. The van der Waals surface area contributed by atoms with Crippen molar-refractivity contribution in [1.29, 1.82) is 0 Å². The van der Waals surface area contributed by atoms with Gasteiger partial charge in [-0.15, -0.1) is 0 Å². The minimum absolute atomic E-state index is 0.528. The van der Waals surface area contributed by atoms with E-state index < -0.39 is 28.2 Å². The summed E-state index contributed by atoms with van der Waals surface area (Å²) in [5.74, 6) is -1.66. The zero-order valence-corrected chi connectivity index (χ0v) is 25.2. The zero-order valence-electron chi connectivity index (χ0n) is 25.2. The molecule has 0 amide bonds. The van der Waals surface area contributed by atoms with Crippen LogP contribution in [-0.2, 0) is 21.4 Å². The Morgan fingerprint density at radius 3 is 1.18 bits per heavy atom. The summed E-state index contributed by atoms with van der Waals surface area (Å²) < 4.78 is 0. The third-order valence-corrected chi connectivity index (χ3v) is 11.3. The van der Waals surface area contributed by atoms with Gasteiger partial charge in [0, 0.05) is 0 Å². The molecule has 2 saturated carbocycles. The summed E-state index contributed by atoms with van der Waals surface area (Å²) in [6.45, 7) is 0. The van der Waals surface area contributed by atoms with Gasteiger partial charge in [-0.1, -0.05) is 136 Å². The quantitative estimate of drug-likeness (QED) is 0.221. The Bertz CT molecular complexity index is 1590. The van der Waals surface area contributed by atoms with Crippen molar-refractivity contribution in [2.45, 2.75) is 76.0 Å². The molecule has 2 fully saturated rings. The molecule has 0 radical (unpaired) electrons. The Morgan fingerprint density at radius 1 is 0.455 bits per heavy atom. The number of benzene rings is 4. The van der Waals surface area contributed by atoms with Crippen molar-refractivity contribution in [3.8, 4) is 22.3 Å². The van der Waals surface area contributed by atoms with E-state index in [2.05, 4.69) is 48.5 Å². The molecule has 4 aliphatic carbocycles. The summed E-state index contributed by atoms with van der Waals surface area (Å²) in [7, 11) is 0. The first-order valence-electron chi connectivity index (χ1n) is 16.3. The lowest BCUT2D eigenvalue weighted by Crippen LogP contribution is -2.64. The number of aliphatic carboxylic acids is 2. The van der Waals surface area contributed by atoms with Gasteiger partial charge in [0.2, 0.25) is 0 Å². The monoisotopic (exact) mass is 584 g/mol. The summed E-state index contributed by atoms with van der Waals surface area (Å²) in [6.07, 6.45) is 8.54. The maximum atomic E-state index is 13.3. The lowest BCUT2D eigenvalue weighted by atomic mass is 9.41. The third kappa shape index (κ3) is 3.96. The first-order chi connectivity index (χ1) is 21.5. The highest BCUT2D eigenvalue weighted by Crippen LogP contribution is 2.71. The van der Waals surface area contributed by atoms with Crippen LogP contribution in [0, 0.1) is 10.8 Å². The van der Waals surface area contributed by atoms with Crippen LogP contribution in [0.1, 0.15) is 86.5 Å². The van der Waals surface area contributed by atoms with E-state index in [1.165, 1.54) is 22.3 Å². The number of rotatable bonds is 4. The largest absolute Gasteiger partial charge is 0.481 e. The van der Waals surface area contributed by atoms with Gasteiger partial charge < -0.3 is 10.2 Å². The van der Waals surface area contributed by atoms with E-state index in [1.807, 2.05) is 48.5 Å². The maximum Gasteiger partial charge on any atom is 0.310 e. The summed E-state index contributed by atoms with van der Waals surface area (Å²) in [5, 5.41) is 21.8. The first kappa shape index (κ1) is 28.6. The van der Waals surface area contributed by atoms with Crippen molar-refractivity contribution in [3.63, 3.8) is 0 Å². The van der Waals surface area contributed by atoms with Crippen LogP contribution in [-0.4, -0.2) is 22.2 Å². The van der Waals surface area contributed by atoms with Crippen LogP contribution in [0.25, 0.3) is 22.3 Å². The SMILES string of the molecule is O=C(O)C1(C2(C3(C(=O)O)CCCCC3)c3ccccc3-c3ccccc32)CCCCC1.c1ccc2c(c1)Cc1ccccc1-2. The predicted molar refractivity (Wildman–Crippen MR) is 174 cm³/mol. The smallest absolute Gasteiger partial charge is 0.310 e. The molecule has 224 valence electrons. The molecular formula is C40H40O4. The Labute approximate surface area is 259 Å². The molecule has 0 aromatic heterocycles. The van der Waals surface area contributed by atoms with Gasteiger partial charge in [-0.05, 0) is 76.6 Å². The number of carboxylic acids is 2. The van der Waals surface area contributed by atoms with Crippen LogP contribution in [0.5, 0.6) is 0 Å². The van der Waals surface area contributed by atoms with Gasteiger partial charge in [0.15, 0.2) is 0 Å². The van der Waals surface area contributed by atoms with Crippen LogP contribution in [0.2, 0.25) is 0 Å². The first-order valence-corrected chi connectivity index (χ1v) is 16.3. The van der Waals surface area contributed by atoms with E-state index >= 15 is 0 Å². The van der Waals surface area contributed by atoms with Crippen molar-refractivity contribution >= 4 is 11.9 Å². The summed E-state index contributed by atoms with van der Waals surface area (Å²) >= 11 is 0. The van der Waals surface area contributed by atoms with E-state index in [4.69, 9.17) is 0 Å². The molecule has 4 aromatic carbocycles. The molecule has 0 heterocycles. The summed E-state index contributed by atoms with van der Waals surface area (Å²) in [6, 6.07) is 33.3. The van der Waals surface area contributed by atoms with Gasteiger partial charge in [-0.25, -0.2) is 0 Å². The van der Waals surface area contributed by atoms with Crippen LogP contribution in [0.4, 0.5) is 0 Å². The standard InChI is InChI=1S/C27H30O4.C13H10/c28-23(29)25(15-7-1-8-16-25)27(26(24(30)31)17-9-2-10-18-26)21-13-5-3-11-19(21)20-12-4-6-14-22(20)27;1-3-7-12-10(5-1)9-11-6-2-4-8-13(11)12/h3-6,11-14H,1-2,7-10,15-18H2,(H,28,29)(H,30,31);1-8H,9H2. The molecule has 0 saturated heterocycles. The number of hydrogen-bond acceptors (Lipinski definition) is 2. The zero-order chi connectivity index (χ0) is 30.4. The van der Waals surface area contributed by atoms with E-state index in [-0.39, 0.29) is 0 Å². The van der Waals surface area contributed by atoms with Gasteiger partial charge in [-0.3, -0.25) is 9.59 Å². The Morgan fingerprint density at radius 2 is 0.795 bits per heavy atom. The van der Waals surface area contributed by atoms with Crippen molar-refractivity contribution in [2.75, 3.05) is 0 Å². The van der Waals surface area contributed by atoms with Crippen LogP contribution in [0.3, 0.4) is 0 Å². The van der Waals surface area contributed by atoms with Crippen molar-refractivity contribution in [3.05, 3.63) is 119 Å². The Hall–Kier alpha value is -4.18. The van der Waals surface area contributed by atoms with Gasteiger partial charge in [0.05, 0.1) is 16.2 Å².